The maximum Gasteiger partial charge on any atom is 0.295 e. The van der Waals surface area contributed by atoms with E-state index < -0.39 is 0 Å². The van der Waals surface area contributed by atoms with Gasteiger partial charge in [-0.15, -0.1) is 0 Å². The van der Waals surface area contributed by atoms with Gasteiger partial charge in [-0.05, 0) is 0 Å². The minimum absolute atomic E-state index is 0.0168. The summed E-state index contributed by atoms with van der Waals surface area (Å²) in [4.78, 5) is 11.7. The van der Waals surface area contributed by atoms with Crippen LogP contribution in [0.5, 0.6) is 0 Å². The molecule has 0 aliphatic heterocycles. The van der Waals surface area contributed by atoms with E-state index in [0.29, 0.717) is 11.1 Å². The number of rotatable bonds is 1. The van der Waals surface area contributed by atoms with Crippen molar-refractivity contribution < 1.29 is 14.5 Å². The van der Waals surface area contributed by atoms with Crippen molar-refractivity contribution in [2.24, 2.45) is 0 Å². The molecule has 0 aromatic heterocycles. The highest BCUT2D eigenvalue weighted by Gasteiger charge is 2.35. The second-order valence-corrected chi connectivity index (χ2v) is 3.27. The Bertz CT molecular complexity index is 472. The van der Waals surface area contributed by atoms with E-state index in [1.165, 1.54) is 4.58 Å². The first kappa shape index (κ1) is 8.69. The standard InChI is InChI=1S/C11H9NO2/c1-12(2)9-10(13)7-5-3-4-6-8(7)11(9)14/h3-6H,1H2,2H3/p+1. The third-order valence-corrected chi connectivity index (χ3v) is 2.25. The zero-order valence-corrected chi connectivity index (χ0v) is 7.82. The molecule has 1 aromatic carbocycles. The molecule has 70 valence electrons. The number of fused-ring (bicyclic) bond motifs is 1. The Morgan fingerprint density at radius 2 is 1.86 bits per heavy atom. The van der Waals surface area contributed by atoms with E-state index in [4.69, 9.17) is 0 Å². The number of allylic oxidation sites excluding steroid dienone is 1. The Kier molecular flexibility index (Phi) is 1.74. The van der Waals surface area contributed by atoms with Crippen LogP contribution >= 0.6 is 0 Å². The number of Topliss-reactive ketones (excluding diaryl/α,β-unsaturated/α-hetero) is 1. The largest absolute Gasteiger partial charge is 0.502 e. The summed E-state index contributed by atoms with van der Waals surface area (Å²) in [5.41, 5.74) is 1.38. The van der Waals surface area contributed by atoms with Gasteiger partial charge in [-0.25, -0.2) is 4.58 Å². The molecular formula is C11H10NO2+. The van der Waals surface area contributed by atoms with E-state index in [2.05, 4.69) is 6.72 Å². The Labute approximate surface area is 81.6 Å². The minimum atomic E-state index is -0.171. The van der Waals surface area contributed by atoms with Crippen molar-refractivity contribution in [3.63, 3.8) is 0 Å². The van der Waals surface area contributed by atoms with Crippen LogP contribution in [0.1, 0.15) is 15.9 Å². The fourth-order valence-corrected chi connectivity index (χ4v) is 1.60. The van der Waals surface area contributed by atoms with Gasteiger partial charge in [-0.1, -0.05) is 24.3 Å². The molecule has 0 fully saturated rings. The molecule has 3 nitrogen and oxygen atoms in total. The molecule has 14 heavy (non-hydrogen) atoms. The number of carbonyl (C=O) groups excluding carboxylic acids is 1. The van der Waals surface area contributed by atoms with Crippen molar-refractivity contribution in [2.45, 2.75) is 0 Å². The predicted molar refractivity (Wildman–Crippen MR) is 53.6 cm³/mol. The Hall–Kier alpha value is -1.90. The lowest BCUT2D eigenvalue weighted by Gasteiger charge is -1.93. The second-order valence-electron chi connectivity index (χ2n) is 3.27. The summed E-state index contributed by atoms with van der Waals surface area (Å²) in [7, 11) is 1.63. The van der Waals surface area contributed by atoms with E-state index in [9.17, 15) is 9.90 Å². The summed E-state index contributed by atoms with van der Waals surface area (Å²) in [5, 5.41) is 9.76. The number of aliphatic hydroxyl groups is 1. The lowest BCUT2D eigenvalue weighted by molar-refractivity contribution is -0.425. The summed E-state index contributed by atoms with van der Waals surface area (Å²) in [5.74, 6) is -0.154. The number of ketones is 1. The van der Waals surface area contributed by atoms with Crippen LogP contribution in [0, 0.1) is 0 Å². The number of nitrogens with zero attached hydrogens (tertiary/aromatic N) is 1. The molecule has 1 aliphatic carbocycles. The van der Waals surface area contributed by atoms with Gasteiger partial charge in [0.2, 0.25) is 5.76 Å². The van der Waals surface area contributed by atoms with Crippen LogP contribution in [0.2, 0.25) is 0 Å². The molecule has 0 atom stereocenters. The summed E-state index contributed by atoms with van der Waals surface area (Å²) < 4.78 is 1.39. The fourth-order valence-electron chi connectivity index (χ4n) is 1.60. The molecule has 0 unspecified atom stereocenters. The van der Waals surface area contributed by atoms with Gasteiger partial charge in [0.15, 0.2) is 0 Å². The van der Waals surface area contributed by atoms with Crippen molar-refractivity contribution >= 4 is 18.3 Å². The number of hydrogen-bond donors (Lipinski definition) is 1. The monoisotopic (exact) mass is 188 g/mol. The van der Waals surface area contributed by atoms with Crippen molar-refractivity contribution in [1.29, 1.82) is 0 Å². The van der Waals surface area contributed by atoms with E-state index in [0.717, 1.165) is 0 Å². The molecule has 0 heterocycles. The van der Waals surface area contributed by atoms with E-state index in [1.807, 2.05) is 0 Å². The molecule has 0 spiro atoms. The highest BCUT2D eigenvalue weighted by atomic mass is 16.3. The lowest BCUT2D eigenvalue weighted by Crippen LogP contribution is -2.10. The molecular weight excluding hydrogens is 178 g/mol. The maximum absolute atomic E-state index is 11.7. The highest BCUT2D eigenvalue weighted by molar-refractivity contribution is 6.17. The molecule has 0 amide bonds. The van der Waals surface area contributed by atoms with Gasteiger partial charge in [0.25, 0.3) is 11.5 Å². The Morgan fingerprint density at radius 3 is 2.36 bits per heavy atom. The lowest BCUT2D eigenvalue weighted by atomic mass is 10.1. The maximum atomic E-state index is 11.7. The van der Waals surface area contributed by atoms with Crippen molar-refractivity contribution in [3.05, 3.63) is 41.1 Å². The molecule has 0 saturated heterocycles. The van der Waals surface area contributed by atoms with Crippen LogP contribution in [0.4, 0.5) is 0 Å². The van der Waals surface area contributed by atoms with Gasteiger partial charge in [0.05, 0.1) is 0 Å². The zero-order valence-electron chi connectivity index (χ0n) is 7.82. The highest BCUT2D eigenvalue weighted by Crippen LogP contribution is 2.30. The van der Waals surface area contributed by atoms with Gasteiger partial charge in [-0.2, -0.15) is 0 Å². The smallest absolute Gasteiger partial charge is 0.295 e. The first-order chi connectivity index (χ1) is 6.63. The van der Waals surface area contributed by atoms with Gasteiger partial charge in [0, 0.05) is 11.1 Å². The third kappa shape index (κ3) is 0.988. The number of carbonyl (C=O) groups is 1. The first-order valence-corrected chi connectivity index (χ1v) is 4.24. The van der Waals surface area contributed by atoms with E-state index in [1.54, 1.807) is 31.3 Å². The summed E-state index contributed by atoms with van der Waals surface area (Å²) in [6, 6.07) is 6.98. The second kappa shape index (κ2) is 2.80. The predicted octanol–water partition coefficient (Wildman–Crippen LogP) is 1.45. The molecule has 1 aromatic rings. The average molecular weight is 188 g/mol. The van der Waals surface area contributed by atoms with Crippen LogP contribution in [0.25, 0.3) is 5.76 Å². The topological polar surface area (TPSA) is 40.3 Å². The summed E-state index contributed by atoms with van der Waals surface area (Å²) in [6.07, 6.45) is 0. The number of hydrogen-bond acceptors (Lipinski definition) is 2. The molecule has 0 bridgehead atoms. The van der Waals surface area contributed by atoms with E-state index >= 15 is 0 Å². The van der Waals surface area contributed by atoms with Crippen molar-refractivity contribution in [3.8, 4) is 0 Å². The van der Waals surface area contributed by atoms with Crippen LogP contribution < -0.4 is 0 Å². The zero-order chi connectivity index (χ0) is 10.3. The molecule has 3 heteroatoms. The van der Waals surface area contributed by atoms with Crippen molar-refractivity contribution in [1.82, 2.24) is 0 Å². The Balaban J connectivity index is 2.69. The van der Waals surface area contributed by atoms with Crippen molar-refractivity contribution in [2.75, 3.05) is 7.05 Å². The summed E-state index contributed by atoms with van der Waals surface area (Å²) >= 11 is 0. The molecule has 2 rings (SSSR count). The Morgan fingerprint density at radius 1 is 1.29 bits per heavy atom. The van der Waals surface area contributed by atoms with Crippen LogP contribution in [0.15, 0.2) is 30.0 Å². The van der Waals surface area contributed by atoms with Crippen LogP contribution in [-0.4, -0.2) is 29.2 Å². The molecule has 0 saturated carbocycles. The molecule has 1 N–H and O–H groups in total. The minimum Gasteiger partial charge on any atom is -0.502 e. The number of likely N-dealkylation sites (N-methyl/N-ethyl adjacent to an activating group) is 1. The van der Waals surface area contributed by atoms with Gasteiger partial charge < -0.3 is 5.11 Å². The van der Waals surface area contributed by atoms with Gasteiger partial charge >= 0.3 is 0 Å². The van der Waals surface area contributed by atoms with E-state index in [-0.39, 0.29) is 17.2 Å². The van der Waals surface area contributed by atoms with Gasteiger partial charge in [-0.3, -0.25) is 4.79 Å². The third-order valence-electron chi connectivity index (χ3n) is 2.25. The van der Waals surface area contributed by atoms with Crippen LogP contribution in [-0.2, 0) is 0 Å². The quantitative estimate of drug-likeness (QED) is 0.535. The normalized spacial score (nSPS) is 14.5. The number of aliphatic hydroxyl groups excluding tert-OH is 1. The summed E-state index contributed by atoms with van der Waals surface area (Å²) in [6.45, 7) is 3.60. The van der Waals surface area contributed by atoms with Gasteiger partial charge in [0.1, 0.15) is 13.8 Å². The molecule has 0 radical (unpaired) electrons. The fraction of sp³-hybridized carbons (Fsp3) is 0.0909. The van der Waals surface area contributed by atoms with Crippen LogP contribution in [0.3, 0.4) is 0 Å². The number of benzene rings is 1. The SMILES string of the molecule is C=[N+](C)C1=C(O)c2ccccc2C1=O. The molecule has 1 aliphatic rings. The average Bonchev–Trinajstić information content (AvgIpc) is 2.41. The first-order valence-electron chi connectivity index (χ1n) is 4.24.